The molecule has 1 aromatic heterocycles. The molecule has 0 amide bonds. The minimum Gasteiger partial charge on any atom is -0.361 e. The van der Waals surface area contributed by atoms with E-state index in [9.17, 15) is 17.6 Å². The average Bonchev–Trinajstić information content (AvgIpc) is 2.78. The first-order valence-corrected chi connectivity index (χ1v) is 7.60. The number of rotatable bonds is 7. The largest absolute Gasteiger partial charge is 0.361 e. The number of H-pyrrole nitrogens is 1. The summed E-state index contributed by atoms with van der Waals surface area (Å²) in [4.78, 5) is 4.28. The molecule has 1 atom stereocenters. The Hall–Kier alpha value is -1.56. The summed E-state index contributed by atoms with van der Waals surface area (Å²) in [5, 5.41) is 0.991. The van der Waals surface area contributed by atoms with Crippen LogP contribution in [0, 0.1) is 0 Å². The van der Waals surface area contributed by atoms with Crippen LogP contribution in [0.4, 0.5) is 17.6 Å². The molecule has 0 bridgehead atoms. The normalized spacial score (nSPS) is 14.6. The van der Waals surface area contributed by atoms with Crippen molar-refractivity contribution in [3.8, 4) is 0 Å². The molecular formula is C17H22F4N2. The van der Waals surface area contributed by atoms with Crippen molar-refractivity contribution in [1.82, 2.24) is 9.88 Å². The molecule has 2 aromatic rings. The van der Waals surface area contributed by atoms with Gasteiger partial charge in [0.2, 0.25) is 0 Å². The van der Waals surface area contributed by atoms with E-state index in [0.29, 0.717) is 6.42 Å². The van der Waals surface area contributed by atoms with Gasteiger partial charge >= 0.3 is 0 Å². The zero-order valence-corrected chi connectivity index (χ0v) is 13.5. The molecule has 0 aliphatic rings. The van der Waals surface area contributed by atoms with Gasteiger partial charge in [-0.05, 0) is 25.0 Å². The fourth-order valence-corrected chi connectivity index (χ4v) is 2.83. The highest BCUT2D eigenvalue weighted by Gasteiger charge is 2.34. The molecule has 23 heavy (non-hydrogen) atoms. The lowest BCUT2D eigenvalue weighted by molar-refractivity contribution is -0.0686. The predicted molar refractivity (Wildman–Crippen MR) is 84.3 cm³/mol. The number of nitrogens with one attached hydrogen (secondary N) is 1. The van der Waals surface area contributed by atoms with E-state index in [1.165, 1.54) is 4.90 Å². The lowest BCUT2D eigenvalue weighted by Crippen LogP contribution is -2.46. The van der Waals surface area contributed by atoms with Gasteiger partial charge in [0.05, 0.1) is 13.1 Å². The molecule has 0 fully saturated rings. The van der Waals surface area contributed by atoms with E-state index >= 15 is 0 Å². The number of benzene rings is 1. The molecule has 0 unspecified atom stereocenters. The van der Waals surface area contributed by atoms with Crippen LogP contribution in [0.15, 0.2) is 30.5 Å². The van der Waals surface area contributed by atoms with E-state index in [1.807, 2.05) is 30.5 Å². The van der Waals surface area contributed by atoms with Gasteiger partial charge in [-0.3, -0.25) is 4.90 Å². The SMILES string of the molecule is C[C@H](Cc1c[nH]c2ccccc12)N(CC(C)(F)F)CC(C)(F)F. The summed E-state index contributed by atoms with van der Waals surface area (Å²) < 4.78 is 53.4. The van der Waals surface area contributed by atoms with Crippen LogP contribution in [0.5, 0.6) is 0 Å². The van der Waals surface area contributed by atoms with Crippen molar-refractivity contribution in [2.24, 2.45) is 0 Å². The van der Waals surface area contributed by atoms with Crippen LogP contribution in [-0.4, -0.2) is 40.9 Å². The molecule has 0 aliphatic carbocycles. The second-order valence-corrected chi connectivity index (χ2v) is 6.46. The molecule has 2 nitrogen and oxygen atoms in total. The highest BCUT2D eigenvalue weighted by atomic mass is 19.3. The molecule has 0 spiro atoms. The number of para-hydroxylation sites is 1. The molecule has 0 saturated carbocycles. The number of aromatic nitrogens is 1. The van der Waals surface area contributed by atoms with E-state index in [-0.39, 0.29) is 0 Å². The van der Waals surface area contributed by atoms with E-state index in [2.05, 4.69) is 4.98 Å². The molecule has 0 radical (unpaired) electrons. The topological polar surface area (TPSA) is 19.0 Å². The Morgan fingerprint density at radius 3 is 2.17 bits per heavy atom. The third-order valence-electron chi connectivity index (χ3n) is 3.78. The van der Waals surface area contributed by atoms with Gasteiger partial charge in [-0.2, -0.15) is 0 Å². The van der Waals surface area contributed by atoms with Crippen molar-refractivity contribution in [2.45, 2.75) is 45.1 Å². The Morgan fingerprint density at radius 2 is 1.61 bits per heavy atom. The van der Waals surface area contributed by atoms with Gasteiger partial charge in [0.1, 0.15) is 0 Å². The Kier molecular flexibility index (Phi) is 5.04. The van der Waals surface area contributed by atoms with Gasteiger partial charge in [0.25, 0.3) is 11.8 Å². The fraction of sp³-hybridized carbons (Fsp3) is 0.529. The first-order chi connectivity index (χ1) is 10.6. The summed E-state index contributed by atoms with van der Waals surface area (Å²) in [6.07, 6.45) is 2.24. The van der Waals surface area contributed by atoms with Crippen LogP contribution < -0.4 is 0 Å². The van der Waals surface area contributed by atoms with E-state index in [0.717, 1.165) is 30.3 Å². The van der Waals surface area contributed by atoms with Crippen molar-refractivity contribution >= 4 is 10.9 Å². The zero-order chi connectivity index (χ0) is 17.3. The van der Waals surface area contributed by atoms with Crippen molar-refractivity contribution in [3.63, 3.8) is 0 Å². The number of fused-ring (bicyclic) bond motifs is 1. The first-order valence-electron chi connectivity index (χ1n) is 7.60. The number of aromatic amines is 1. The van der Waals surface area contributed by atoms with Gasteiger partial charge in [-0.15, -0.1) is 0 Å². The lowest BCUT2D eigenvalue weighted by atomic mass is 10.0. The van der Waals surface area contributed by atoms with Crippen LogP contribution in [0.2, 0.25) is 0 Å². The number of alkyl halides is 4. The molecule has 0 saturated heterocycles. The zero-order valence-electron chi connectivity index (χ0n) is 13.5. The minimum absolute atomic E-state index is 0.425. The summed E-state index contributed by atoms with van der Waals surface area (Å²) in [5.74, 6) is -6.03. The van der Waals surface area contributed by atoms with Gasteiger partial charge in [0.15, 0.2) is 0 Å². The Morgan fingerprint density at radius 1 is 1.04 bits per heavy atom. The Balaban J connectivity index is 2.17. The van der Waals surface area contributed by atoms with Gasteiger partial charge in [-0.25, -0.2) is 17.6 Å². The first kappa shape index (κ1) is 17.8. The second kappa shape index (κ2) is 6.51. The van der Waals surface area contributed by atoms with Crippen LogP contribution in [-0.2, 0) is 6.42 Å². The van der Waals surface area contributed by atoms with Crippen molar-refractivity contribution in [3.05, 3.63) is 36.0 Å². The van der Waals surface area contributed by atoms with Crippen molar-refractivity contribution < 1.29 is 17.6 Å². The van der Waals surface area contributed by atoms with Crippen LogP contribution in [0.1, 0.15) is 26.3 Å². The number of halogens is 4. The molecule has 1 heterocycles. The van der Waals surface area contributed by atoms with Crippen LogP contribution in [0.3, 0.4) is 0 Å². The van der Waals surface area contributed by atoms with E-state index < -0.39 is 31.0 Å². The van der Waals surface area contributed by atoms with Gasteiger partial charge in [-0.1, -0.05) is 18.2 Å². The summed E-state index contributed by atoms with van der Waals surface area (Å²) in [5.41, 5.74) is 1.89. The van der Waals surface area contributed by atoms with Crippen LogP contribution >= 0.6 is 0 Å². The van der Waals surface area contributed by atoms with Gasteiger partial charge < -0.3 is 4.98 Å². The van der Waals surface area contributed by atoms with E-state index in [1.54, 1.807) is 6.92 Å². The average molecular weight is 330 g/mol. The maximum atomic E-state index is 13.3. The summed E-state index contributed by atoms with van der Waals surface area (Å²) >= 11 is 0. The second-order valence-electron chi connectivity index (χ2n) is 6.46. The highest BCUT2D eigenvalue weighted by molar-refractivity contribution is 5.83. The lowest BCUT2D eigenvalue weighted by Gasteiger charge is -2.33. The maximum Gasteiger partial charge on any atom is 0.257 e. The third-order valence-corrected chi connectivity index (χ3v) is 3.78. The minimum atomic E-state index is -3.01. The number of hydrogen-bond donors (Lipinski definition) is 1. The molecule has 6 heteroatoms. The molecular weight excluding hydrogens is 308 g/mol. The quantitative estimate of drug-likeness (QED) is 0.728. The number of hydrogen-bond acceptors (Lipinski definition) is 1. The molecule has 0 aliphatic heterocycles. The highest BCUT2D eigenvalue weighted by Crippen LogP contribution is 2.24. The predicted octanol–water partition coefficient (Wildman–Crippen LogP) is 4.71. The smallest absolute Gasteiger partial charge is 0.257 e. The molecule has 1 aromatic carbocycles. The monoisotopic (exact) mass is 330 g/mol. The summed E-state index contributed by atoms with van der Waals surface area (Å²) in [6, 6.07) is 7.21. The molecule has 2 rings (SSSR count). The summed E-state index contributed by atoms with van der Waals surface area (Å²) in [7, 11) is 0. The Labute approximate surface area is 133 Å². The van der Waals surface area contributed by atoms with E-state index in [4.69, 9.17) is 0 Å². The van der Waals surface area contributed by atoms with Crippen molar-refractivity contribution in [2.75, 3.05) is 13.1 Å². The van der Waals surface area contributed by atoms with Crippen molar-refractivity contribution in [1.29, 1.82) is 0 Å². The van der Waals surface area contributed by atoms with Gasteiger partial charge in [0, 0.05) is 37.0 Å². The molecule has 1 N–H and O–H groups in total. The standard InChI is InChI=1S/C17H22F4N2/c1-12(23(10-16(2,18)19)11-17(3,20)21)8-13-9-22-15-7-5-4-6-14(13)15/h4-7,9,12,22H,8,10-11H2,1-3H3/t12-/m1/s1. The fourth-order valence-electron chi connectivity index (χ4n) is 2.83. The Bertz CT molecular complexity index is 624. The summed E-state index contributed by atoms with van der Waals surface area (Å²) in [6.45, 7) is 1.86. The van der Waals surface area contributed by atoms with Crippen LogP contribution in [0.25, 0.3) is 10.9 Å². The maximum absolute atomic E-state index is 13.3. The third kappa shape index (κ3) is 5.23. The number of nitrogens with zero attached hydrogens (tertiary/aromatic N) is 1. The molecule has 128 valence electrons.